The zero-order valence-corrected chi connectivity index (χ0v) is 16.3. The van der Waals surface area contributed by atoms with Crippen LogP contribution in [-0.4, -0.2) is 34.9 Å². The number of amides is 3. The van der Waals surface area contributed by atoms with E-state index in [1.807, 2.05) is 19.1 Å². The van der Waals surface area contributed by atoms with Crippen molar-refractivity contribution in [2.75, 3.05) is 6.54 Å². The Morgan fingerprint density at radius 1 is 1.28 bits per heavy atom. The van der Waals surface area contributed by atoms with Crippen LogP contribution in [-0.2, 0) is 27.4 Å². The summed E-state index contributed by atoms with van der Waals surface area (Å²) in [4.78, 5) is 49.8. The molecule has 2 aromatic rings. The lowest BCUT2D eigenvalue weighted by Crippen LogP contribution is -2.46. The molecule has 2 aliphatic rings. The highest BCUT2D eigenvalue weighted by Gasteiger charge is 2.56. The van der Waals surface area contributed by atoms with E-state index in [0.717, 1.165) is 29.7 Å². The van der Waals surface area contributed by atoms with Gasteiger partial charge in [-0.3, -0.25) is 14.5 Å². The predicted molar refractivity (Wildman–Crippen MR) is 103 cm³/mol. The van der Waals surface area contributed by atoms with Crippen LogP contribution in [0, 0.1) is 5.92 Å². The van der Waals surface area contributed by atoms with E-state index in [1.54, 1.807) is 13.0 Å². The molecule has 1 saturated carbocycles. The molecular formula is C21H22N2O6. The summed E-state index contributed by atoms with van der Waals surface area (Å²) in [5.41, 5.74) is 0.478. The summed E-state index contributed by atoms with van der Waals surface area (Å²) in [6, 6.07) is 6.21. The fraction of sp³-hybridized carbons (Fsp3) is 0.429. The standard InChI is InChI=1S/C21H22N2O6/c1-3-12-4-7-15-13(9-17(24)29-16(15)8-12)11-28-18(25)10-23-19(26)21(2,14-5-6-14)22-20(23)27/h4,7-9,14H,3,5-6,10-11H2,1-2H3,(H,22,27)/t21-/m1/s1. The van der Waals surface area contributed by atoms with Crippen molar-refractivity contribution in [3.8, 4) is 0 Å². The average Bonchev–Trinajstić information content (AvgIpc) is 3.51. The molecule has 1 saturated heterocycles. The molecule has 1 aromatic carbocycles. The van der Waals surface area contributed by atoms with Crippen molar-refractivity contribution in [1.82, 2.24) is 10.2 Å². The van der Waals surface area contributed by atoms with Crippen LogP contribution in [0.2, 0.25) is 0 Å². The van der Waals surface area contributed by atoms with Crippen LogP contribution < -0.4 is 10.9 Å². The van der Waals surface area contributed by atoms with Gasteiger partial charge < -0.3 is 14.5 Å². The molecule has 2 heterocycles. The van der Waals surface area contributed by atoms with Crippen molar-refractivity contribution < 1.29 is 23.5 Å². The molecule has 4 rings (SSSR count). The maximum absolute atomic E-state index is 12.6. The average molecular weight is 398 g/mol. The smallest absolute Gasteiger partial charge is 0.336 e. The molecule has 0 spiro atoms. The molecule has 8 heteroatoms. The SMILES string of the molecule is CCc1ccc2c(COC(=O)CN3C(=O)N[C@](C)(C4CC4)C3=O)cc(=O)oc2c1. The molecule has 1 aromatic heterocycles. The molecule has 0 unspecified atom stereocenters. The number of carbonyl (C=O) groups is 3. The molecule has 1 N–H and O–H groups in total. The first-order chi connectivity index (χ1) is 13.8. The summed E-state index contributed by atoms with van der Waals surface area (Å²) in [5, 5.41) is 3.36. The van der Waals surface area contributed by atoms with Crippen molar-refractivity contribution in [2.45, 2.75) is 45.3 Å². The van der Waals surface area contributed by atoms with E-state index >= 15 is 0 Å². The number of nitrogens with one attached hydrogen (secondary N) is 1. The van der Waals surface area contributed by atoms with Crippen LogP contribution >= 0.6 is 0 Å². The number of urea groups is 1. The Bertz CT molecular complexity index is 1070. The van der Waals surface area contributed by atoms with Gasteiger partial charge in [0.1, 0.15) is 24.3 Å². The molecule has 0 bridgehead atoms. The van der Waals surface area contributed by atoms with E-state index < -0.39 is 35.6 Å². The second-order valence-corrected chi connectivity index (χ2v) is 7.73. The molecule has 1 aliphatic carbocycles. The summed E-state index contributed by atoms with van der Waals surface area (Å²) in [5.74, 6) is -1.01. The van der Waals surface area contributed by atoms with E-state index in [1.165, 1.54) is 6.07 Å². The van der Waals surface area contributed by atoms with Crippen molar-refractivity contribution in [3.63, 3.8) is 0 Å². The number of aryl methyl sites for hydroxylation is 1. The van der Waals surface area contributed by atoms with Crippen molar-refractivity contribution in [3.05, 3.63) is 45.8 Å². The summed E-state index contributed by atoms with van der Waals surface area (Å²) >= 11 is 0. The van der Waals surface area contributed by atoms with Gasteiger partial charge >= 0.3 is 17.6 Å². The van der Waals surface area contributed by atoms with E-state index in [2.05, 4.69) is 5.32 Å². The Labute approximate surface area is 166 Å². The first kappa shape index (κ1) is 19.2. The Hall–Kier alpha value is -3.16. The summed E-state index contributed by atoms with van der Waals surface area (Å²) in [6.45, 7) is 3.06. The highest BCUT2D eigenvalue weighted by Crippen LogP contribution is 2.42. The quantitative estimate of drug-likeness (QED) is 0.454. The van der Waals surface area contributed by atoms with Crippen LogP contribution in [0.5, 0.6) is 0 Å². The normalized spacial score (nSPS) is 21.5. The fourth-order valence-electron chi connectivity index (χ4n) is 3.74. The van der Waals surface area contributed by atoms with E-state index in [9.17, 15) is 19.2 Å². The minimum absolute atomic E-state index is 0.114. The van der Waals surface area contributed by atoms with Crippen LogP contribution in [0.25, 0.3) is 11.0 Å². The van der Waals surface area contributed by atoms with Gasteiger partial charge in [0.25, 0.3) is 5.91 Å². The Balaban J connectivity index is 1.46. The number of fused-ring (bicyclic) bond motifs is 1. The van der Waals surface area contributed by atoms with Gasteiger partial charge in [0.05, 0.1) is 0 Å². The van der Waals surface area contributed by atoms with Crippen molar-refractivity contribution in [2.24, 2.45) is 5.92 Å². The van der Waals surface area contributed by atoms with Gasteiger partial charge in [-0.05, 0) is 43.7 Å². The number of carbonyl (C=O) groups excluding carboxylic acids is 3. The van der Waals surface area contributed by atoms with Gasteiger partial charge in [-0.25, -0.2) is 9.59 Å². The monoisotopic (exact) mass is 398 g/mol. The maximum Gasteiger partial charge on any atom is 0.336 e. The number of benzene rings is 1. The van der Waals surface area contributed by atoms with Crippen LogP contribution in [0.4, 0.5) is 4.79 Å². The Morgan fingerprint density at radius 3 is 2.72 bits per heavy atom. The number of imide groups is 1. The molecule has 29 heavy (non-hydrogen) atoms. The number of nitrogens with zero attached hydrogens (tertiary/aromatic N) is 1. The largest absolute Gasteiger partial charge is 0.459 e. The van der Waals surface area contributed by atoms with Gasteiger partial charge in [0, 0.05) is 17.0 Å². The fourth-order valence-corrected chi connectivity index (χ4v) is 3.74. The lowest BCUT2D eigenvalue weighted by atomic mass is 9.96. The molecule has 152 valence electrons. The summed E-state index contributed by atoms with van der Waals surface area (Å²) < 4.78 is 10.5. The van der Waals surface area contributed by atoms with Gasteiger partial charge in [0.15, 0.2) is 0 Å². The van der Waals surface area contributed by atoms with Crippen molar-refractivity contribution in [1.29, 1.82) is 0 Å². The number of rotatable bonds is 6. The molecule has 0 radical (unpaired) electrons. The lowest BCUT2D eigenvalue weighted by Gasteiger charge is -2.20. The van der Waals surface area contributed by atoms with Gasteiger partial charge in [-0.15, -0.1) is 0 Å². The number of hydrogen-bond donors (Lipinski definition) is 1. The molecule has 8 nitrogen and oxygen atoms in total. The first-order valence-electron chi connectivity index (χ1n) is 9.67. The number of esters is 1. The van der Waals surface area contributed by atoms with Crippen LogP contribution in [0.3, 0.4) is 0 Å². The number of hydrogen-bond acceptors (Lipinski definition) is 6. The zero-order valence-electron chi connectivity index (χ0n) is 16.3. The topological polar surface area (TPSA) is 106 Å². The molecule has 1 aliphatic heterocycles. The third kappa shape index (κ3) is 3.50. The molecule has 3 amide bonds. The molecule has 2 fully saturated rings. The zero-order chi connectivity index (χ0) is 20.8. The molecular weight excluding hydrogens is 376 g/mol. The summed E-state index contributed by atoms with van der Waals surface area (Å²) in [7, 11) is 0. The van der Waals surface area contributed by atoms with Gasteiger partial charge in [-0.2, -0.15) is 0 Å². The minimum Gasteiger partial charge on any atom is -0.459 e. The van der Waals surface area contributed by atoms with Crippen molar-refractivity contribution >= 4 is 28.9 Å². The van der Waals surface area contributed by atoms with E-state index in [-0.39, 0.29) is 12.5 Å². The van der Waals surface area contributed by atoms with E-state index in [0.29, 0.717) is 16.5 Å². The maximum atomic E-state index is 12.6. The highest BCUT2D eigenvalue weighted by molar-refractivity contribution is 6.08. The first-order valence-corrected chi connectivity index (χ1v) is 9.67. The number of ether oxygens (including phenoxy) is 1. The van der Waals surface area contributed by atoms with Crippen LogP contribution in [0.1, 0.15) is 37.8 Å². The molecule has 1 atom stereocenters. The van der Waals surface area contributed by atoms with Gasteiger partial charge in [-0.1, -0.05) is 19.1 Å². The lowest BCUT2D eigenvalue weighted by molar-refractivity contribution is -0.148. The van der Waals surface area contributed by atoms with Crippen LogP contribution in [0.15, 0.2) is 33.5 Å². The Morgan fingerprint density at radius 2 is 2.03 bits per heavy atom. The third-order valence-corrected chi connectivity index (χ3v) is 5.67. The van der Waals surface area contributed by atoms with Gasteiger partial charge in [0.2, 0.25) is 0 Å². The minimum atomic E-state index is -0.942. The predicted octanol–water partition coefficient (Wildman–Crippen LogP) is 2.12. The van der Waals surface area contributed by atoms with E-state index in [4.69, 9.17) is 9.15 Å². The third-order valence-electron chi connectivity index (χ3n) is 5.67. The second-order valence-electron chi connectivity index (χ2n) is 7.73. The highest BCUT2D eigenvalue weighted by atomic mass is 16.5. The summed E-state index contributed by atoms with van der Waals surface area (Å²) in [6.07, 6.45) is 2.55. The Kier molecular flexibility index (Phi) is 4.64. The second kappa shape index (κ2) is 7.02.